The lowest BCUT2D eigenvalue weighted by Gasteiger charge is -2.36. The Labute approximate surface area is 117 Å². The Hall–Kier alpha value is -0.160. The maximum absolute atomic E-state index is 10.2. The van der Waals surface area contributed by atoms with Gasteiger partial charge in [-0.05, 0) is 51.6 Å². The highest BCUT2D eigenvalue weighted by molar-refractivity contribution is 4.90. The molecule has 5 unspecified atom stereocenters. The van der Waals surface area contributed by atoms with Gasteiger partial charge in [0.15, 0.2) is 0 Å². The fourth-order valence-corrected chi connectivity index (χ4v) is 3.77. The highest BCUT2D eigenvalue weighted by Crippen LogP contribution is 2.31. The predicted octanol–water partition coefficient (Wildman–Crippen LogP) is 0.780. The molecule has 2 aliphatic rings. The normalized spacial score (nSPS) is 41.1. The molecule has 0 aromatic rings. The molecule has 1 aliphatic carbocycles. The molecular weight excluding hydrogens is 240 g/mol. The van der Waals surface area contributed by atoms with Crippen LogP contribution in [0.25, 0.3) is 0 Å². The Morgan fingerprint density at radius 2 is 1.89 bits per heavy atom. The van der Waals surface area contributed by atoms with Crippen LogP contribution in [0.1, 0.15) is 32.6 Å². The molecule has 0 aromatic heterocycles. The van der Waals surface area contributed by atoms with Crippen LogP contribution in [0, 0.1) is 11.8 Å². The number of likely N-dealkylation sites (N-methyl/N-ethyl adjacent to an activating group) is 1. The van der Waals surface area contributed by atoms with Gasteiger partial charge in [0, 0.05) is 25.7 Å². The lowest BCUT2D eigenvalue weighted by molar-refractivity contribution is 0.0247. The van der Waals surface area contributed by atoms with E-state index in [4.69, 9.17) is 0 Å². The summed E-state index contributed by atoms with van der Waals surface area (Å²) in [4.78, 5) is 4.59. The topological polar surface area (TPSA) is 46.9 Å². The van der Waals surface area contributed by atoms with E-state index in [2.05, 4.69) is 30.8 Å². The Kier molecular flexibility index (Phi) is 5.23. The number of aliphatic hydroxyl groups excluding tert-OH is 2. The molecule has 4 nitrogen and oxygen atoms in total. The fraction of sp³-hybridized carbons (Fsp3) is 1.00. The van der Waals surface area contributed by atoms with Crippen LogP contribution in [0.4, 0.5) is 0 Å². The molecule has 1 saturated carbocycles. The molecule has 0 bridgehead atoms. The van der Waals surface area contributed by atoms with Crippen molar-refractivity contribution in [3.05, 3.63) is 0 Å². The van der Waals surface area contributed by atoms with Crippen molar-refractivity contribution in [3.63, 3.8) is 0 Å². The third kappa shape index (κ3) is 4.15. The molecule has 1 heterocycles. The molecular formula is C15H30N2O2. The minimum atomic E-state index is -0.192. The van der Waals surface area contributed by atoms with Crippen molar-refractivity contribution in [1.82, 2.24) is 9.80 Å². The van der Waals surface area contributed by atoms with Gasteiger partial charge in [-0.2, -0.15) is 0 Å². The van der Waals surface area contributed by atoms with Gasteiger partial charge in [0.2, 0.25) is 0 Å². The molecule has 0 spiro atoms. The summed E-state index contributed by atoms with van der Waals surface area (Å²) in [6.07, 6.45) is 3.76. The molecule has 2 rings (SSSR count). The molecule has 112 valence electrons. The quantitative estimate of drug-likeness (QED) is 0.792. The van der Waals surface area contributed by atoms with Crippen molar-refractivity contribution in [2.75, 3.05) is 33.7 Å². The van der Waals surface area contributed by atoms with Crippen LogP contribution >= 0.6 is 0 Å². The third-order valence-corrected chi connectivity index (χ3v) is 4.76. The number of β-amino-alcohol motifs (C(OH)–C–C–N with tert-alkyl or cyclic N) is 1. The lowest BCUT2D eigenvalue weighted by atomic mass is 9.80. The maximum atomic E-state index is 10.2. The van der Waals surface area contributed by atoms with E-state index < -0.39 is 0 Å². The Morgan fingerprint density at radius 3 is 2.58 bits per heavy atom. The van der Waals surface area contributed by atoms with Crippen molar-refractivity contribution < 1.29 is 10.2 Å². The average Bonchev–Trinajstić information content (AvgIpc) is 2.63. The van der Waals surface area contributed by atoms with E-state index in [0.29, 0.717) is 12.0 Å². The predicted molar refractivity (Wildman–Crippen MR) is 77.1 cm³/mol. The molecule has 1 aliphatic heterocycles. The monoisotopic (exact) mass is 270 g/mol. The first-order chi connectivity index (χ1) is 8.95. The molecule has 0 amide bonds. The Balaban J connectivity index is 1.92. The van der Waals surface area contributed by atoms with Gasteiger partial charge in [-0.1, -0.05) is 6.92 Å². The minimum absolute atomic E-state index is 0.144. The van der Waals surface area contributed by atoms with Crippen LogP contribution in [-0.4, -0.2) is 72.0 Å². The molecule has 0 aromatic carbocycles. The van der Waals surface area contributed by atoms with Gasteiger partial charge in [0.25, 0.3) is 0 Å². The lowest BCUT2D eigenvalue weighted by Crippen LogP contribution is -2.44. The maximum Gasteiger partial charge on any atom is 0.0682 e. The van der Waals surface area contributed by atoms with Crippen molar-refractivity contribution in [2.24, 2.45) is 11.8 Å². The van der Waals surface area contributed by atoms with E-state index >= 15 is 0 Å². The van der Waals surface area contributed by atoms with E-state index in [0.717, 1.165) is 51.2 Å². The van der Waals surface area contributed by atoms with Crippen molar-refractivity contribution >= 4 is 0 Å². The highest BCUT2D eigenvalue weighted by atomic mass is 16.3. The first kappa shape index (κ1) is 15.2. The van der Waals surface area contributed by atoms with Crippen LogP contribution in [0.5, 0.6) is 0 Å². The summed E-state index contributed by atoms with van der Waals surface area (Å²) in [5, 5.41) is 20.1. The summed E-state index contributed by atoms with van der Waals surface area (Å²) in [7, 11) is 4.17. The minimum Gasteiger partial charge on any atom is -0.393 e. The standard InChI is InChI=1S/C15H30N2O2/c1-11-4-5-15(19)12(6-11)8-17-10-14(18)7-13(17)9-16(2)3/h11-15,18-19H,4-10H2,1-3H3. The van der Waals surface area contributed by atoms with E-state index in [1.54, 1.807) is 0 Å². The summed E-state index contributed by atoms with van der Waals surface area (Å²) >= 11 is 0. The number of likely N-dealkylation sites (tertiary alicyclic amines) is 1. The number of hydrogen-bond acceptors (Lipinski definition) is 4. The second kappa shape index (κ2) is 6.53. The van der Waals surface area contributed by atoms with E-state index in [-0.39, 0.29) is 12.2 Å². The summed E-state index contributed by atoms with van der Waals surface area (Å²) < 4.78 is 0. The van der Waals surface area contributed by atoms with Gasteiger partial charge >= 0.3 is 0 Å². The smallest absolute Gasteiger partial charge is 0.0682 e. The van der Waals surface area contributed by atoms with E-state index in [9.17, 15) is 10.2 Å². The Morgan fingerprint density at radius 1 is 1.16 bits per heavy atom. The second-order valence-electron chi connectivity index (χ2n) is 7.01. The van der Waals surface area contributed by atoms with Crippen LogP contribution in [0.15, 0.2) is 0 Å². The highest BCUT2D eigenvalue weighted by Gasteiger charge is 2.35. The molecule has 1 saturated heterocycles. The third-order valence-electron chi connectivity index (χ3n) is 4.76. The van der Waals surface area contributed by atoms with Gasteiger partial charge in [0.1, 0.15) is 0 Å². The van der Waals surface area contributed by atoms with Crippen LogP contribution in [0.3, 0.4) is 0 Å². The molecule has 19 heavy (non-hydrogen) atoms. The summed E-state index contributed by atoms with van der Waals surface area (Å²) in [5.74, 6) is 1.12. The van der Waals surface area contributed by atoms with Crippen LogP contribution in [0.2, 0.25) is 0 Å². The van der Waals surface area contributed by atoms with Gasteiger partial charge in [-0.25, -0.2) is 0 Å². The number of hydrogen-bond donors (Lipinski definition) is 2. The molecule has 5 atom stereocenters. The molecule has 2 fully saturated rings. The first-order valence-corrected chi connectivity index (χ1v) is 7.70. The van der Waals surface area contributed by atoms with E-state index in [1.165, 1.54) is 0 Å². The number of aliphatic hydroxyl groups is 2. The average molecular weight is 270 g/mol. The SMILES string of the molecule is CC1CCC(O)C(CN2CC(O)CC2CN(C)C)C1. The van der Waals surface area contributed by atoms with Gasteiger partial charge in [-0.3, -0.25) is 4.90 Å². The molecule has 4 heteroatoms. The van der Waals surface area contributed by atoms with E-state index in [1.807, 2.05) is 0 Å². The first-order valence-electron chi connectivity index (χ1n) is 7.70. The second-order valence-corrected chi connectivity index (χ2v) is 7.01. The van der Waals surface area contributed by atoms with Crippen LogP contribution in [-0.2, 0) is 0 Å². The zero-order chi connectivity index (χ0) is 14.0. The Bertz CT molecular complexity index is 285. The fourth-order valence-electron chi connectivity index (χ4n) is 3.77. The number of rotatable bonds is 4. The van der Waals surface area contributed by atoms with Crippen molar-refractivity contribution in [1.29, 1.82) is 0 Å². The summed E-state index contributed by atoms with van der Waals surface area (Å²) in [6.45, 7) is 5.00. The number of nitrogens with zero attached hydrogens (tertiary/aromatic N) is 2. The largest absolute Gasteiger partial charge is 0.393 e. The van der Waals surface area contributed by atoms with Crippen molar-refractivity contribution in [2.45, 2.75) is 50.9 Å². The van der Waals surface area contributed by atoms with Gasteiger partial charge < -0.3 is 15.1 Å². The zero-order valence-corrected chi connectivity index (χ0v) is 12.6. The van der Waals surface area contributed by atoms with Gasteiger partial charge in [-0.15, -0.1) is 0 Å². The van der Waals surface area contributed by atoms with Gasteiger partial charge in [0.05, 0.1) is 12.2 Å². The summed E-state index contributed by atoms with van der Waals surface area (Å²) in [5.41, 5.74) is 0. The van der Waals surface area contributed by atoms with Crippen LogP contribution < -0.4 is 0 Å². The zero-order valence-electron chi connectivity index (χ0n) is 12.6. The molecule has 2 N–H and O–H groups in total. The molecule has 0 radical (unpaired) electrons. The summed E-state index contributed by atoms with van der Waals surface area (Å²) in [6, 6.07) is 0.439. The van der Waals surface area contributed by atoms with Crippen molar-refractivity contribution in [3.8, 4) is 0 Å².